The highest BCUT2D eigenvalue weighted by molar-refractivity contribution is 5.95. The molecule has 1 aromatic heterocycles. The third-order valence-electron chi connectivity index (χ3n) is 3.42. The predicted octanol–water partition coefficient (Wildman–Crippen LogP) is 2.75. The maximum atomic E-state index is 12.6. The molecule has 0 unspecified atom stereocenters. The highest BCUT2D eigenvalue weighted by Gasteiger charge is 2.26. The summed E-state index contributed by atoms with van der Waals surface area (Å²) in [6, 6.07) is 1.83. The van der Waals surface area contributed by atoms with E-state index < -0.39 is 0 Å². The van der Waals surface area contributed by atoms with Gasteiger partial charge < -0.3 is 10.2 Å². The fourth-order valence-corrected chi connectivity index (χ4v) is 2.39. The van der Waals surface area contributed by atoms with Crippen LogP contribution in [0.4, 0.5) is 0 Å². The molecule has 0 aliphatic carbocycles. The van der Waals surface area contributed by atoms with Crippen molar-refractivity contribution in [3.8, 4) is 0 Å². The molecule has 0 bridgehead atoms. The van der Waals surface area contributed by atoms with Crippen molar-refractivity contribution in [2.75, 3.05) is 13.6 Å². The van der Waals surface area contributed by atoms with Crippen LogP contribution in [0.3, 0.4) is 0 Å². The fraction of sp³-hybridized carbons (Fsp3) is 0.722. The number of likely N-dealkylation sites (N-methyl/N-ethyl adjacent to an activating group) is 1. The van der Waals surface area contributed by atoms with E-state index >= 15 is 0 Å². The summed E-state index contributed by atoms with van der Waals surface area (Å²) in [4.78, 5) is 26.0. The Balaban J connectivity index is 2.97. The number of hydrogen-bond acceptors (Lipinski definition) is 3. The van der Waals surface area contributed by atoms with Gasteiger partial charge in [-0.1, -0.05) is 13.8 Å². The molecule has 6 nitrogen and oxygen atoms in total. The van der Waals surface area contributed by atoms with Crippen molar-refractivity contribution >= 4 is 11.8 Å². The van der Waals surface area contributed by atoms with Gasteiger partial charge in [-0.3, -0.25) is 14.3 Å². The Hall–Kier alpha value is -1.85. The zero-order chi connectivity index (χ0) is 18.9. The average molecular weight is 336 g/mol. The van der Waals surface area contributed by atoms with E-state index in [0.717, 1.165) is 5.69 Å². The normalized spacial score (nSPS) is 12.4. The molecule has 24 heavy (non-hydrogen) atoms. The topological polar surface area (TPSA) is 67.2 Å². The van der Waals surface area contributed by atoms with Crippen LogP contribution in [-0.4, -0.2) is 45.6 Å². The number of rotatable bonds is 4. The number of nitrogens with one attached hydrogen (secondary N) is 1. The van der Waals surface area contributed by atoms with Gasteiger partial charge >= 0.3 is 0 Å². The number of carbonyl (C=O) groups excluding carboxylic acids is 2. The van der Waals surface area contributed by atoms with Crippen molar-refractivity contribution in [1.82, 2.24) is 20.0 Å². The van der Waals surface area contributed by atoms with E-state index in [1.54, 1.807) is 7.05 Å². The molecule has 0 aliphatic heterocycles. The molecule has 0 saturated heterocycles. The monoisotopic (exact) mass is 336 g/mol. The number of amides is 2. The first kappa shape index (κ1) is 20.2. The number of carbonyl (C=O) groups is 2. The van der Waals surface area contributed by atoms with Crippen molar-refractivity contribution in [2.45, 2.75) is 72.4 Å². The second-order valence-electron chi connectivity index (χ2n) is 8.65. The molecule has 0 atom stereocenters. The lowest BCUT2D eigenvalue weighted by atomic mass is 10.1. The summed E-state index contributed by atoms with van der Waals surface area (Å²) in [5, 5.41) is 7.36. The molecule has 1 aromatic rings. The molecular weight excluding hydrogens is 304 g/mol. The van der Waals surface area contributed by atoms with Crippen LogP contribution in [0.25, 0.3) is 0 Å². The quantitative estimate of drug-likeness (QED) is 0.919. The first-order valence-corrected chi connectivity index (χ1v) is 8.39. The zero-order valence-electron chi connectivity index (χ0n) is 16.5. The average Bonchev–Trinajstić information content (AvgIpc) is 2.79. The van der Waals surface area contributed by atoms with Crippen molar-refractivity contribution in [2.24, 2.45) is 0 Å². The Kier molecular flexibility index (Phi) is 5.85. The van der Waals surface area contributed by atoms with E-state index in [4.69, 9.17) is 0 Å². The third-order valence-corrected chi connectivity index (χ3v) is 3.42. The van der Waals surface area contributed by atoms with Crippen molar-refractivity contribution < 1.29 is 9.59 Å². The summed E-state index contributed by atoms with van der Waals surface area (Å²) in [6.45, 7) is 16.1. The minimum atomic E-state index is -0.320. The SMILES string of the molecule is CC(C)c1cc(C(=O)N(C)CC(=O)NC(C)(C)C)nn1C(C)(C)C. The van der Waals surface area contributed by atoms with E-state index in [1.165, 1.54) is 4.90 Å². The summed E-state index contributed by atoms with van der Waals surface area (Å²) in [7, 11) is 1.62. The Bertz CT molecular complexity index is 604. The summed E-state index contributed by atoms with van der Waals surface area (Å²) < 4.78 is 1.90. The van der Waals surface area contributed by atoms with E-state index in [0.29, 0.717) is 5.69 Å². The van der Waals surface area contributed by atoms with E-state index in [2.05, 4.69) is 45.0 Å². The van der Waals surface area contributed by atoms with Crippen molar-refractivity contribution in [1.29, 1.82) is 0 Å². The third kappa shape index (κ3) is 5.35. The number of aromatic nitrogens is 2. The lowest BCUT2D eigenvalue weighted by Crippen LogP contribution is -2.46. The largest absolute Gasteiger partial charge is 0.350 e. The predicted molar refractivity (Wildman–Crippen MR) is 96.2 cm³/mol. The smallest absolute Gasteiger partial charge is 0.274 e. The van der Waals surface area contributed by atoms with Gasteiger partial charge in [-0.2, -0.15) is 5.10 Å². The van der Waals surface area contributed by atoms with Gasteiger partial charge in [0.15, 0.2) is 5.69 Å². The van der Waals surface area contributed by atoms with E-state index in [1.807, 2.05) is 31.5 Å². The molecule has 136 valence electrons. The fourth-order valence-electron chi connectivity index (χ4n) is 2.39. The molecule has 6 heteroatoms. The number of hydrogen-bond donors (Lipinski definition) is 1. The number of nitrogens with zero attached hydrogens (tertiary/aromatic N) is 3. The van der Waals surface area contributed by atoms with E-state index in [9.17, 15) is 9.59 Å². The Morgan fingerprint density at radius 1 is 1.21 bits per heavy atom. The standard InChI is InChI=1S/C18H32N4O2/c1-12(2)14-10-13(20-22(14)18(6,7)8)16(24)21(9)11-15(23)19-17(3,4)5/h10,12H,11H2,1-9H3,(H,19,23). The van der Waals surface area contributed by atoms with Gasteiger partial charge in [0.1, 0.15) is 0 Å². The highest BCUT2D eigenvalue weighted by Crippen LogP contribution is 2.23. The lowest BCUT2D eigenvalue weighted by molar-refractivity contribution is -0.122. The second kappa shape index (κ2) is 6.95. The zero-order valence-corrected chi connectivity index (χ0v) is 16.5. The van der Waals surface area contributed by atoms with Crippen molar-refractivity contribution in [3.63, 3.8) is 0 Å². The van der Waals surface area contributed by atoms with Gasteiger partial charge in [0.25, 0.3) is 5.91 Å². The minimum Gasteiger partial charge on any atom is -0.350 e. The second-order valence-corrected chi connectivity index (χ2v) is 8.65. The molecule has 0 fully saturated rings. The van der Waals surface area contributed by atoms with Crippen LogP contribution in [0.5, 0.6) is 0 Å². The van der Waals surface area contributed by atoms with Gasteiger partial charge in [-0.05, 0) is 53.5 Å². The van der Waals surface area contributed by atoms with Gasteiger partial charge in [-0.25, -0.2) is 0 Å². The molecule has 0 aromatic carbocycles. The summed E-state index contributed by atoms with van der Waals surface area (Å²) in [5.74, 6) is -0.172. The molecule has 0 radical (unpaired) electrons. The molecule has 2 amide bonds. The van der Waals surface area contributed by atoms with Gasteiger partial charge in [0, 0.05) is 18.3 Å². The molecule has 0 spiro atoms. The Labute approximate surface area is 145 Å². The molecule has 1 rings (SSSR count). The summed E-state index contributed by atoms with van der Waals surface area (Å²) in [6.07, 6.45) is 0. The van der Waals surface area contributed by atoms with Crippen LogP contribution in [0.15, 0.2) is 6.07 Å². The minimum absolute atomic E-state index is 0.00942. The van der Waals surface area contributed by atoms with E-state index in [-0.39, 0.29) is 35.4 Å². The van der Waals surface area contributed by atoms with Crippen LogP contribution >= 0.6 is 0 Å². The van der Waals surface area contributed by atoms with Crippen LogP contribution < -0.4 is 5.32 Å². The molecular formula is C18H32N4O2. The Morgan fingerprint density at radius 2 is 1.75 bits per heavy atom. The first-order valence-electron chi connectivity index (χ1n) is 8.39. The maximum absolute atomic E-state index is 12.6. The molecule has 0 aliphatic rings. The summed E-state index contributed by atoms with van der Waals surface area (Å²) in [5.41, 5.74) is 0.859. The van der Waals surface area contributed by atoms with Crippen LogP contribution in [0.2, 0.25) is 0 Å². The highest BCUT2D eigenvalue weighted by atomic mass is 16.2. The molecule has 1 N–H and O–H groups in total. The maximum Gasteiger partial charge on any atom is 0.274 e. The van der Waals surface area contributed by atoms with Crippen LogP contribution in [-0.2, 0) is 10.3 Å². The van der Waals surface area contributed by atoms with Gasteiger partial charge in [0.05, 0.1) is 12.1 Å². The molecule has 0 saturated carbocycles. The molecule has 1 heterocycles. The van der Waals surface area contributed by atoms with Gasteiger partial charge in [-0.15, -0.1) is 0 Å². The van der Waals surface area contributed by atoms with Gasteiger partial charge in [0.2, 0.25) is 5.91 Å². The Morgan fingerprint density at radius 3 is 2.12 bits per heavy atom. The van der Waals surface area contributed by atoms with Crippen molar-refractivity contribution in [3.05, 3.63) is 17.5 Å². The first-order chi connectivity index (χ1) is 10.7. The lowest BCUT2D eigenvalue weighted by Gasteiger charge is -2.24. The van der Waals surface area contributed by atoms with Crippen LogP contribution in [0.1, 0.15) is 77.5 Å². The summed E-state index contributed by atoms with van der Waals surface area (Å²) >= 11 is 0. The van der Waals surface area contributed by atoms with Crippen LogP contribution in [0, 0.1) is 0 Å².